The number of hydrogen-bond acceptors (Lipinski definition) is 2. The highest BCUT2D eigenvalue weighted by molar-refractivity contribution is 4.90. The monoisotopic (exact) mass is 240 g/mol. The molecule has 1 aliphatic rings. The number of nitrogens with zero attached hydrogens (tertiary/aromatic N) is 1. The van der Waals surface area contributed by atoms with Crippen LogP contribution in [0.4, 0.5) is 0 Å². The first-order valence-corrected chi connectivity index (χ1v) is 7.52. The summed E-state index contributed by atoms with van der Waals surface area (Å²) in [6, 6.07) is 1.62. The summed E-state index contributed by atoms with van der Waals surface area (Å²) in [6.45, 7) is 11.6. The van der Waals surface area contributed by atoms with Gasteiger partial charge in [0.05, 0.1) is 0 Å². The fraction of sp³-hybridized carbons (Fsp3) is 1.00. The lowest BCUT2D eigenvalue weighted by atomic mass is 9.77. The summed E-state index contributed by atoms with van der Waals surface area (Å²) in [6.07, 6.45) is 5.40. The van der Waals surface area contributed by atoms with Gasteiger partial charge in [-0.05, 0) is 57.7 Å². The fourth-order valence-electron chi connectivity index (χ4n) is 3.02. The van der Waals surface area contributed by atoms with Crippen LogP contribution in [-0.2, 0) is 0 Å². The van der Waals surface area contributed by atoms with Crippen LogP contribution < -0.4 is 5.32 Å². The van der Waals surface area contributed by atoms with Crippen molar-refractivity contribution in [2.24, 2.45) is 11.8 Å². The van der Waals surface area contributed by atoms with E-state index in [0.29, 0.717) is 0 Å². The van der Waals surface area contributed by atoms with Crippen molar-refractivity contribution in [2.45, 2.75) is 65.5 Å². The van der Waals surface area contributed by atoms with Crippen molar-refractivity contribution in [3.05, 3.63) is 0 Å². The quantitative estimate of drug-likeness (QED) is 0.701. The number of rotatable bonds is 8. The highest BCUT2D eigenvalue weighted by atomic mass is 15.2. The van der Waals surface area contributed by atoms with E-state index in [0.717, 1.165) is 30.5 Å². The van der Waals surface area contributed by atoms with E-state index >= 15 is 0 Å². The molecule has 0 aromatic rings. The van der Waals surface area contributed by atoms with Gasteiger partial charge in [0.15, 0.2) is 0 Å². The Kier molecular flexibility index (Phi) is 6.50. The maximum absolute atomic E-state index is 3.62. The maximum atomic E-state index is 3.62. The SMILES string of the molecule is CCC(CC)N(C)C1CCC1CNCC(C)C. The minimum atomic E-state index is 0.769. The molecule has 2 nitrogen and oxygen atoms in total. The summed E-state index contributed by atoms with van der Waals surface area (Å²) in [5.41, 5.74) is 0. The zero-order valence-corrected chi connectivity index (χ0v) is 12.5. The Morgan fingerprint density at radius 1 is 1.18 bits per heavy atom. The van der Waals surface area contributed by atoms with Gasteiger partial charge in [-0.15, -0.1) is 0 Å². The summed E-state index contributed by atoms with van der Waals surface area (Å²) in [5, 5.41) is 3.62. The van der Waals surface area contributed by atoms with Gasteiger partial charge in [0.25, 0.3) is 0 Å². The second-order valence-electron chi connectivity index (χ2n) is 6.09. The third kappa shape index (κ3) is 4.26. The van der Waals surface area contributed by atoms with E-state index in [1.807, 2.05) is 0 Å². The van der Waals surface area contributed by atoms with Crippen molar-refractivity contribution in [1.82, 2.24) is 10.2 Å². The average Bonchev–Trinajstić information content (AvgIpc) is 2.24. The van der Waals surface area contributed by atoms with Gasteiger partial charge < -0.3 is 10.2 Å². The molecule has 0 heterocycles. The van der Waals surface area contributed by atoms with Crippen LogP contribution in [0.5, 0.6) is 0 Å². The van der Waals surface area contributed by atoms with Crippen LogP contribution in [0.1, 0.15) is 53.4 Å². The molecule has 0 aliphatic heterocycles. The average molecular weight is 240 g/mol. The molecule has 0 radical (unpaired) electrons. The number of nitrogens with one attached hydrogen (secondary N) is 1. The van der Waals surface area contributed by atoms with Crippen molar-refractivity contribution in [2.75, 3.05) is 20.1 Å². The van der Waals surface area contributed by atoms with E-state index in [1.54, 1.807) is 0 Å². The smallest absolute Gasteiger partial charge is 0.0136 e. The van der Waals surface area contributed by atoms with Gasteiger partial charge in [-0.25, -0.2) is 0 Å². The van der Waals surface area contributed by atoms with Crippen molar-refractivity contribution >= 4 is 0 Å². The minimum Gasteiger partial charge on any atom is -0.316 e. The lowest BCUT2D eigenvalue weighted by Gasteiger charge is -2.46. The van der Waals surface area contributed by atoms with E-state index < -0.39 is 0 Å². The maximum Gasteiger partial charge on any atom is 0.0136 e. The summed E-state index contributed by atoms with van der Waals surface area (Å²) in [4.78, 5) is 2.64. The van der Waals surface area contributed by atoms with Gasteiger partial charge in [-0.3, -0.25) is 0 Å². The molecule has 2 heteroatoms. The molecule has 2 atom stereocenters. The first-order chi connectivity index (χ1) is 8.10. The number of hydrogen-bond donors (Lipinski definition) is 1. The molecule has 1 fully saturated rings. The molecule has 0 aromatic carbocycles. The van der Waals surface area contributed by atoms with Crippen LogP contribution in [0.2, 0.25) is 0 Å². The zero-order chi connectivity index (χ0) is 12.8. The Bertz CT molecular complexity index is 199. The molecule has 0 aromatic heterocycles. The van der Waals surface area contributed by atoms with Crippen molar-refractivity contribution in [3.8, 4) is 0 Å². The second kappa shape index (κ2) is 7.38. The molecule has 0 saturated heterocycles. The lowest BCUT2D eigenvalue weighted by molar-refractivity contribution is 0.0464. The summed E-state index contributed by atoms with van der Waals surface area (Å²) >= 11 is 0. The van der Waals surface area contributed by atoms with Crippen molar-refractivity contribution < 1.29 is 0 Å². The topological polar surface area (TPSA) is 15.3 Å². The van der Waals surface area contributed by atoms with Crippen LogP contribution in [0.25, 0.3) is 0 Å². The van der Waals surface area contributed by atoms with E-state index in [2.05, 4.69) is 45.0 Å². The molecule has 1 N–H and O–H groups in total. The Morgan fingerprint density at radius 2 is 1.82 bits per heavy atom. The van der Waals surface area contributed by atoms with E-state index in [1.165, 1.54) is 32.2 Å². The molecule has 2 unspecified atom stereocenters. The van der Waals surface area contributed by atoms with Crippen LogP contribution in [0.3, 0.4) is 0 Å². The van der Waals surface area contributed by atoms with Gasteiger partial charge in [0, 0.05) is 12.1 Å². The molecule has 0 amide bonds. The van der Waals surface area contributed by atoms with Crippen molar-refractivity contribution in [1.29, 1.82) is 0 Å². The Labute approximate surface area is 108 Å². The molecule has 1 rings (SSSR count). The Hall–Kier alpha value is -0.0800. The summed E-state index contributed by atoms with van der Waals surface area (Å²) in [7, 11) is 2.33. The zero-order valence-electron chi connectivity index (χ0n) is 12.5. The van der Waals surface area contributed by atoms with Crippen LogP contribution in [0.15, 0.2) is 0 Å². The lowest BCUT2D eigenvalue weighted by Crippen LogP contribution is -2.52. The minimum absolute atomic E-state index is 0.769. The van der Waals surface area contributed by atoms with Gasteiger partial charge in [-0.2, -0.15) is 0 Å². The molecule has 0 spiro atoms. The summed E-state index contributed by atoms with van der Waals surface area (Å²) < 4.78 is 0. The standard InChI is InChI=1S/C15H32N2/c1-6-14(7-2)17(5)15-9-8-13(15)11-16-10-12(3)4/h12-16H,6-11H2,1-5H3. The molecule has 1 saturated carbocycles. The van der Waals surface area contributed by atoms with E-state index in [4.69, 9.17) is 0 Å². The van der Waals surface area contributed by atoms with Crippen LogP contribution >= 0.6 is 0 Å². The van der Waals surface area contributed by atoms with Gasteiger partial charge in [-0.1, -0.05) is 27.7 Å². The molecular formula is C15H32N2. The molecule has 0 bridgehead atoms. The van der Waals surface area contributed by atoms with Crippen LogP contribution in [0, 0.1) is 11.8 Å². The van der Waals surface area contributed by atoms with Crippen molar-refractivity contribution in [3.63, 3.8) is 0 Å². The van der Waals surface area contributed by atoms with Gasteiger partial charge in [0.1, 0.15) is 0 Å². The fourth-order valence-corrected chi connectivity index (χ4v) is 3.02. The van der Waals surface area contributed by atoms with Gasteiger partial charge >= 0.3 is 0 Å². The Balaban J connectivity index is 2.29. The van der Waals surface area contributed by atoms with E-state index in [-0.39, 0.29) is 0 Å². The predicted molar refractivity (Wildman–Crippen MR) is 76.4 cm³/mol. The predicted octanol–water partition coefficient (Wildman–Crippen LogP) is 3.13. The summed E-state index contributed by atoms with van der Waals surface area (Å²) in [5.74, 6) is 1.66. The normalized spacial score (nSPS) is 24.7. The molecule has 102 valence electrons. The molecule has 1 aliphatic carbocycles. The largest absolute Gasteiger partial charge is 0.316 e. The first kappa shape index (κ1) is 15.0. The third-order valence-electron chi connectivity index (χ3n) is 4.38. The highest BCUT2D eigenvalue weighted by Gasteiger charge is 2.35. The molecular weight excluding hydrogens is 208 g/mol. The van der Waals surface area contributed by atoms with Crippen LogP contribution in [-0.4, -0.2) is 37.1 Å². The second-order valence-corrected chi connectivity index (χ2v) is 6.09. The highest BCUT2D eigenvalue weighted by Crippen LogP contribution is 2.32. The third-order valence-corrected chi connectivity index (χ3v) is 4.38. The van der Waals surface area contributed by atoms with E-state index in [9.17, 15) is 0 Å². The van der Waals surface area contributed by atoms with Gasteiger partial charge in [0.2, 0.25) is 0 Å². The Morgan fingerprint density at radius 3 is 2.24 bits per heavy atom. The molecule has 17 heavy (non-hydrogen) atoms. The first-order valence-electron chi connectivity index (χ1n) is 7.52.